The molecule has 1 saturated heterocycles. The fourth-order valence-corrected chi connectivity index (χ4v) is 3.62. The Morgan fingerprint density at radius 3 is 2.45 bits per heavy atom. The zero-order chi connectivity index (χ0) is 14.1. The number of likely N-dealkylation sites (tertiary alicyclic amines) is 1. The average molecular weight is 274 g/mol. The van der Waals surface area contributed by atoms with Crippen LogP contribution in [0.3, 0.4) is 0 Å². The van der Waals surface area contributed by atoms with Gasteiger partial charge in [0, 0.05) is 13.1 Å². The average Bonchev–Trinajstić information content (AvgIpc) is 3.01. The lowest BCUT2D eigenvalue weighted by molar-refractivity contribution is -0.131. The van der Waals surface area contributed by atoms with Crippen molar-refractivity contribution in [2.45, 2.75) is 31.7 Å². The van der Waals surface area contributed by atoms with Gasteiger partial charge in [-0.2, -0.15) is 0 Å². The Hall–Kier alpha value is -1.55. The van der Waals surface area contributed by atoms with Gasteiger partial charge in [-0.15, -0.1) is 0 Å². The molecule has 108 valence electrons. The van der Waals surface area contributed by atoms with Crippen molar-refractivity contribution in [2.75, 3.05) is 13.1 Å². The fourth-order valence-electron chi connectivity index (χ4n) is 3.62. The zero-order valence-corrected chi connectivity index (χ0v) is 11.7. The molecule has 1 aliphatic heterocycles. The molecule has 0 aromatic heterocycles. The van der Waals surface area contributed by atoms with Crippen LogP contribution in [0.15, 0.2) is 24.3 Å². The predicted octanol–water partition coefficient (Wildman–Crippen LogP) is 1.52. The van der Waals surface area contributed by atoms with Crippen LogP contribution in [-0.4, -0.2) is 35.0 Å². The standard InChI is InChI=1S/C16H22N2O2/c17-15(8-11-4-6-14(19)7-5-11)16(20)18-9-12-2-1-3-13(12)10-18/h4-7,12-13,15,19H,1-3,8-10,17H2. The third-order valence-electron chi connectivity index (χ3n) is 4.75. The van der Waals surface area contributed by atoms with Gasteiger partial charge in [0.25, 0.3) is 0 Å². The smallest absolute Gasteiger partial charge is 0.239 e. The molecule has 3 atom stereocenters. The number of nitrogens with two attached hydrogens (primary N) is 1. The molecule has 3 N–H and O–H groups in total. The maximum Gasteiger partial charge on any atom is 0.239 e. The van der Waals surface area contributed by atoms with E-state index in [1.807, 2.05) is 17.0 Å². The number of aromatic hydroxyl groups is 1. The van der Waals surface area contributed by atoms with Crippen LogP contribution < -0.4 is 5.73 Å². The van der Waals surface area contributed by atoms with Gasteiger partial charge in [-0.1, -0.05) is 18.6 Å². The third-order valence-corrected chi connectivity index (χ3v) is 4.75. The summed E-state index contributed by atoms with van der Waals surface area (Å²) in [6, 6.07) is 6.43. The van der Waals surface area contributed by atoms with Crippen LogP contribution in [0.4, 0.5) is 0 Å². The van der Waals surface area contributed by atoms with Crippen molar-refractivity contribution < 1.29 is 9.90 Å². The maximum atomic E-state index is 12.4. The van der Waals surface area contributed by atoms with Crippen LogP contribution in [0.2, 0.25) is 0 Å². The summed E-state index contributed by atoms with van der Waals surface area (Å²) in [4.78, 5) is 14.4. The number of nitrogens with zero attached hydrogens (tertiary/aromatic N) is 1. The predicted molar refractivity (Wildman–Crippen MR) is 77.2 cm³/mol. The molecule has 1 aromatic rings. The molecule has 1 heterocycles. The van der Waals surface area contributed by atoms with Crippen LogP contribution in [0.1, 0.15) is 24.8 Å². The molecule has 3 rings (SSSR count). The topological polar surface area (TPSA) is 66.6 Å². The lowest BCUT2D eigenvalue weighted by Gasteiger charge is -2.21. The molecule has 1 amide bonds. The molecule has 0 radical (unpaired) electrons. The van der Waals surface area contributed by atoms with Gasteiger partial charge in [-0.25, -0.2) is 0 Å². The van der Waals surface area contributed by atoms with Gasteiger partial charge in [0.05, 0.1) is 6.04 Å². The summed E-state index contributed by atoms with van der Waals surface area (Å²) in [6.07, 6.45) is 4.38. The van der Waals surface area contributed by atoms with Crippen LogP contribution in [0.25, 0.3) is 0 Å². The van der Waals surface area contributed by atoms with E-state index in [1.165, 1.54) is 19.3 Å². The Balaban J connectivity index is 1.58. The maximum absolute atomic E-state index is 12.4. The van der Waals surface area contributed by atoms with Gasteiger partial charge in [-0.05, 0) is 48.8 Å². The minimum Gasteiger partial charge on any atom is -0.508 e. The molecule has 4 heteroatoms. The van der Waals surface area contributed by atoms with Crippen molar-refractivity contribution in [3.8, 4) is 5.75 Å². The van der Waals surface area contributed by atoms with E-state index in [4.69, 9.17) is 5.73 Å². The second kappa shape index (κ2) is 5.44. The van der Waals surface area contributed by atoms with E-state index in [-0.39, 0.29) is 11.7 Å². The Labute approximate surface area is 119 Å². The summed E-state index contributed by atoms with van der Waals surface area (Å²) >= 11 is 0. The number of benzene rings is 1. The van der Waals surface area contributed by atoms with Gasteiger partial charge < -0.3 is 15.7 Å². The lowest BCUT2D eigenvalue weighted by atomic mass is 10.0. The van der Waals surface area contributed by atoms with Gasteiger partial charge in [0.2, 0.25) is 5.91 Å². The van der Waals surface area contributed by atoms with E-state index in [0.29, 0.717) is 18.3 Å². The minimum absolute atomic E-state index is 0.0764. The van der Waals surface area contributed by atoms with Crippen LogP contribution in [0.5, 0.6) is 5.75 Å². The van der Waals surface area contributed by atoms with E-state index in [0.717, 1.165) is 18.7 Å². The van der Waals surface area contributed by atoms with Crippen molar-refractivity contribution in [1.29, 1.82) is 0 Å². The Bertz CT molecular complexity index is 474. The van der Waals surface area contributed by atoms with Gasteiger partial charge in [0.15, 0.2) is 0 Å². The lowest BCUT2D eigenvalue weighted by Crippen LogP contribution is -2.44. The van der Waals surface area contributed by atoms with Crippen molar-refractivity contribution in [1.82, 2.24) is 4.90 Å². The van der Waals surface area contributed by atoms with Crippen LogP contribution >= 0.6 is 0 Å². The summed E-state index contributed by atoms with van der Waals surface area (Å²) < 4.78 is 0. The Morgan fingerprint density at radius 1 is 1.25 bits per heavy atom. The molecule has 4 nitrogen and oxygen atoms in total. The molecular formula is C16H22N2O2. The number of fused-ring (bicyclic) bond motifs is 1. The van der Waals surface area contributed by atoms with Crippen LogP contribution in [-0.2, 0) is 11.2 Å². The largest absolute Gasteiger partial charge is 0.508 e. The number of carbonyl (C=O) groups excluding carboxylic acids is 1. The van der Waals surface area contributed by atoms with Crippen molar-refractivity contribution in [2.24, 2.45) is 17.6 Å². The van der Waals surface area contributed by atoms with E-state index in [9.17, 15) is 9.90 Å². The first-order valence-corrected chi connectivity index (χ1v) is 7.46. The van der Waals surface area contributed by atoms with Crippen LogP contribution in [0, 0.1) is 11.8 Å². The number of carbonyl (C=O) groups is 1. The molecule has 1 aromatic carbocycles. The Kier molecular flexibility index (Phi) is 3.66. The third kappa shape index (κ3) is 2.66. The normalized spacial score (nSPS) is 26.6. The molecule has 1 aliphatic carbocycles. The van der Waals surface area contributed by atoms with Crippen molar-refractivity contribution in [3.63, 3.8) is 0 Å². The number of phenols is 1. The Morgan fingerprint density at radius 2 is 1.85 bits per heavy atom. The SMILES string of the molecule is NC(Cc1ccc(O)cc1)C(=O)N1CC2CCCC2C1. The van der Waals surface area contributed by atoms with Gasteiger partial charge in [0.1, 0.15) is 5.75 Å². The highest BCUT2D eigenvalue weighted by Gasteiger charge is 2.38. The number of hydrogen-bond donors (Lipinski definition) is 2. The second-order valence-corrected chi connectivity index (χ2v) is 6.17. The van der Waals surface area contributed by atoms with E-state index < -0.39 is 6.04 Å². The summed E-state index contributed by atoms with van der Waals surface area (Å²) in [6.45, 7) is 1.79. The van der Waals surface area contributed by atoms with E-state index in [2.05, 4.69) is 0 Å². The minimum atomic E-state index is -0.474. The number of amides is 1. The molecule has 0 bridgehead atoms. The summed E-state index contributed by atoms with van der Waals surface area (Å²) in [5.41, 5.74) is 7.05. The highest BCUT2D eigenvalue weighted by atomic mass is 16.3. The van der Waals surface area contributed by atoms with E-state index in [1.54, 1.807) is 12.1 Å². The molecule has 20 heavy (non-hydrogen) atoms. The van der Waals surface area contributed by atoms with Crippen molar-refractivity contribution >= 4 is 5.91 Å². The quantitative estimate of drug-likeness (QED) is 0.878. The van der Waals surface area contributed by atoms with Crippen molar-refractivity contribution in [3.05, 3.63) is 29.8 Å². The number of hydrogen-bond acceptors (Lipinski definition) is 3. The molecule has 0 spiro atoms. The molecule has 2 fully saturated rings. The highest BCUT2D eigenvalue weighted by molar-refractivity contribution is 5.82. The molecule has 2 aliphatic rings. The molecule has 3 unspecified atom stereocenters. The van der Waals surface area contributed by atoms with Gasteiger partial charge >= 0.3 is 0 Å². The first-order valence-electron chi connectivity index (χ1n) is 7.46. The first kappa shape index (κ1) is 13.4. The zero-order valence-electron chi connectivity index (χ0n) is 11.7. The molecular weight excluding hydrogens is 252 g/mol. The first-order chi connectivity index (χ1) is 9.63. The van der Waals surface area contributed by atoms with E-state index >= 15 is 0 Å². The summed E-state index contributed by atoms with van der Waals surface area (Å²) in [7, 11) is 0. The second-order valence-electron chi connectivity index (χ2n) is 6.17. The van der Waals surface area contributed by atoms with Gasteiger partial charge in [-0.3, -0.25) is 4.79 Å². The number of phenolic OH excluding ortho intramolecular Hbond substituents is 1. The monoisotopic (exact) mass is 274 g/mol. The summed E-state index contributed by atoms with van der Waals surface area (Å²) in [5.74, 6) is 1.73. The summed E-state index contributed by atoms with van der Waals surface area (Å²) in [5, 5.41) is 9.26. The molecule has 1 saturated carbocycles. The number of rotatable bonds is 3. The fraction of sp³-hybridized carbons (Fsp3) is 0.562. The highest BCUT2D eigenvalue weighted by Crippen LogP contribution is 2.37.